The lowest BCUT2D eigenvalue weighted by Crippen LogP contribution is -1.99. The molecule has 7 heteroatoms. The average Bonchev–Trinajstić information content (AvgIpc) is 2.67. The molecule has 0 atom stereocenters. The number of aromatic nitrogens is 1. The fraction of sp³-hybridized carbons (Fsp3) is 0.211. The van der Waals surface area contributed by atoms with Crippen molar-refractivity contribution >= 4 is 28.1 Å². The smallest absolute Gasteiger partial charge is 0.203 e. The van der Waals surface area contributed by atoms with Crippen LogP contribution in [0.4, 0.5) is 17.2 Å². The molecule has 2 aromatic carbocycles. The van der Waals surface area contributed by atoms with E-state index in [0.717, 1.165) is 16.6 Å². The number of rotatable bonds is 6. The molecular weight excluding hydrogens is 334 g/mol. The maximum atomic E-state index is 6.11. The second kappa shape index (κ2) is 7.26. The van der Waals surface area contributed by atoms with Gasteiger partial charge in [-0.1, -0.05) is 0 Å². The van der Waals surface area contributed by atoms with Crippen molar-refractivity contribution in [3.05, 3.63) is 36.4 Å². The van der Waals surface area contributed by atoms with E-state index in [2.05, 4.69) is 10.3 Å². The Morgan fingerprint density at radius 2 is 1.46 bits per heavy atom. The number of nitrogens with two attached hydrogens (primary N) is 1. The molecule has 0 spiro atoms. The summed E-state index contributed by atoms with van der Waals surface area (Å²) in [6.07, 6.45) is 0. The maximum absolute atomic E-state index is 6.11. The molecule has 0 bridgehead atoms. The number of hydrogen-bond acceptors (Lipinski definition) is 7. The Kier molecular flexibility index (Phi) is 4.88. The molecule has 0 saturated heterocycles. The van der Waals surface area contributed by atoms with Gasteiger partial charge in [-0.2, -0.15) is 0 Å². The summed E-state index contributed by atoms with van der Waals surface area (Å²) in [7, 11) is 6.30. The summed E-state index contributed by atoms with van der Waals surface area (Å²) in [5.74, 6) is 2.95. The first-order valence-electron chi connectivity index (χ1n) is 7.91. The van der Waals surface area contributed by atoms with Gasteiger partial charge in [0.25, 0.3) is 0 Å². The van der Waals surface area contributed by atoms with Crippen LogP contribution in [0.15, 0.2) is 36.4 Å². The molecular formula is C19H21N3O4. The number of nitrogen functional groups attached to an aromatic ring is 1. The zero-order chi connectivity index (χ0) is 18.7. The maximum Gasteiger partial charge on any atom is 0.203 e. The molecule has 0 radical (unpaired) electrons. The van der Waals surface area contributed by atoms with Gasteiger partial charge in [0.05, 0.1) is 39.6 Å². The van der Waals surface area contributed by atoms with Gasteiger partial charge in [-0.15, -0.1) is 0 Å². The third-order valence-electron chi connectivity index (χ3n) is 4.03. The molecule has 0 aliphatic rings. The number of nitrogens with one attached hydrogen (secondary N) is 1. The lowest BCUT2D eigenvalue weighted by molar-refractivity contribution is 0.324. The molecule has 3 aromatic rings. The van der Waals surface area contributed by atoms with Crippen molar-refractivity contribution in [1.82, 2.24) is 4.98 Å². The normalized spacial score (nSPS) is 10.5. The number of anilines is 3. The number of ether oxygens (including phenoxy) is 4. The summed E-state index contributed by atoms with van der Waals surface area (Å²) in [5, 5.41) is 4.08. The SMILES string of the molecule is COc1cc(Nc2ccc3c(N)c(OC)ccc3n2)cc(OC)c1OC. The largest absolute Gasteiger partial charge is 0.495 e. The lowest BCUT2D eigenvalue weighted by atomic mass is 10.1. The number of methoxy groups -OCH3 is 4. The van der Waals surface area contributed by atoms with E-state index in [4.69, 9.17) is 24.7 Å². The molecule has 0 fully saturated rings. The second-order valence-electron chi connectivity index (χ2n) is 5.48. The minimum absolute atomic E-state index is 0.534. The van der Waals surface area contributed by atoms with Gasteiger partial charge in [0.15, 0.2) is 11.5 Å². The molecule has 1 heterocycles. The molecule has 7 nitrogen and oxygen atoms in total. The molecule has 0 saturated carbocycles. The molecule has 3 rings (SSSR count). The van der Waals surface area contributed by atoms with Crippen molar-refractivity contribution in [2.75, 3.05) is 39.5 Å². The van der Waals surface area contributed by atoms with E-state index in [1.807, 2.05) is 30.3 Å². The third kappa shape index (κ3) is 3.11. The highest BCUT2D eigenvalue weighted by atomic mass is 16.5. The van der Waals surface area contributed by atoms with Crippen LogP contribution in [0.5, 0.6) is 23.0 Å². The van der Waals surface area contributed by atoms with E-state index in [9.17, 15) is 0 Å². The minimum Gasteiger partial charge on any atom is -0.495 e. The van der Waals surface area contributed by atoms with E-state index in [1.165, 1.54) is 0 Å². The number of nitrogens with zero attached hydrogens (tertiary/aromatic N) is 1. The Morgan fingerprint density at radius 3 is 2.04 bits per heavy atom. The summed E-state index contributed by atoms with van der Waals surface area (Å²) in [6, 6.07) is 11.0. The van der Waals surface area contributed by atoms with Gasteiger partial charge in [0.1, 0.15) is 11.6 Å². The van der Waals surface area contributed by atoms with Gasteiger partial charge in [-0.3, -0.25) is 0 Å². The Balaban J connectivity index is 1.98. The Morgan fingerprint density at radius 1 is 0.808 bits per heavy atom. The van der Waals surface area contributed by atoms with Crippen LogP contribution >= 0.6 is 0 Å². The van der Waals surface area contributed by atoms with Crippen LogP contribution in [-0.4, -0.2) is 33.4 Å². The molecule has 0 aliphatic carbocycles. The Labute approximate surface area is 151 Å². The second-order valence-corrected chi connectivity index (χ2v) is 5.48. The van der Waals surface area contributed by atoms with Crippen LogP contribution < -0.4 is 30.0 Å². The van der Waals surface area contributed by atoms with E-state index in [0.29, 0.717) is 34.5 Å². The van der Waals surface area contributed by atoms with E-state index < -0.39 is 0 Å². The van der Waals surface area contributed by atoms with Crippen LogP contribution in [-0.2, 0) is 0 Å². The van der Waals surface area contributed by atoms with Crippen molar-refractivity contribution in [1.29, 1.82) is 0 Å². The van der Waals surface area contributed by atoms with E-state index >= 15 is 0 Å². The van der Waals surface area contributed by atoms with E-state index in [-0.39, 0.29) is 0 Å². The first-order valence-corrected chi connectivity index (χ1v) is 7.91. The highest BCUT2D eigenvalue weighted by molar-refractivity contribution is 5.94. The number of fused-ring (bicyclic) bond motifs is 1. The van der Waals surface area contributed by atoms with Crippen molar-refractivity contribution in [3.63, 3.8) is 0 Å². The van der Waals surface area contributed by atoms with Gasteiger partial charge < -0.3 is 30.0 Å². The zero-order valence-electron chi connectivity index (χ0n) is 15.1. The standard InChI is InChI=1S/C19H21N3O4/c1-23-14-7-6-13-12(18(14)20)5-8-17(22-13)21-11-9-15(24-2)19(26-4)16(10-11)25-3/h5-10H,20H2,1-4H3,(H,21,22). The fourth-order valence-electron chi connectivity index (χ4n) is 2.76. The first kappa shape index (κ1) is 17.5. The van der Waals surface area contributed by atoms with Crippen molar-refractivity contribution in [2.45, 2.75) is 0 Å². The topological polar surface area (TPSA) is 87.9 Å². The predicted molar refractivity (Wildman–Crippen MR) is 102 cm³/mol. The van der Waals surface area contributed by atoms with Crippen LogP contribution in [0.25, 0.3) is 10.9 Å². The quantitative estimate of drug-likeness (QED) is 0.653. The molecule has 0 aliphatic heterocycles. The lowest BCUT2D eigenvalue weighted by Gasteiger charge is -2.15. The molecule has 1 aromatic heterocycles. The summed E-state index contributed by atoms with van der Waals surface area (Å²) >= 11 is 0. The van der Waals surface area contributed by atoms with Gasteiger partial charge in [-0.05, 0) is 24.3 Å². The monoisotopic (exact) mass is 355 g/mol. The fourth-order valence-corrected chi connectivity index (χ4v) is 2.76. The molecule has 3 N–H and O–H groups in total. The number of hydrogen-bond donors (Lipinski definition) is 2. The molecule has 136 valence electrons. The summed E-state index contributed by atoms with van der Waals surface area (Å²) in [5.41, 5.74) is 8.20. The summed E-state index contributed by atoms with van der Waals surface area (Å²) in [4.78, 5) is 4.60. The van der Waals surface area contributed by atoms with Crippen LogP contribution in [0.2, 0.25) is 0 Å². The molecule has 0 unspecified atom stereocenters. The number of pyridine rings is 1. The molecule has 0 amide bonds. The predicted octanol–water partition coefficient (Wildman–Crippen LogP) is 3.60. The van der Waals surface area contributed by atoms with Crippen molar-refractivity contribution < 1.29 is 18.9 Å². The van der Waals surface area contributed by atoms with Crippen LogP contribution in [0.3, 0.4) is 0 Å². The zero-order valence-corrected chi connectivity index (χ0v) is 15.1. The number of benzene rings is 2. The Bertz CT molecular complexity index is 918. The average molecular weight is 355 g/mol. The highest BCUT2D eigenvalue weighted by Gasteiger charge is 2.14. The van der Waals surface area contributed by atoms with Gasteiger partial charge in [0, 0.05) is 23.2 Å². The van der Waals surface area contributed by atoms with Gasteiger partial charge in [0.2, 0.25) is 5.75 Å². The van der Waals surface area contributed by atoms with Crippen LogP contribution in [0, 0.1) is 0 Å². The van der Waals surface area contributed by atoms with E-state index in [1.54, 1.807) is 34.5 Å². The van der Waals surface area contributed by atoms with Gasteiger partial charge in [-0.25, -0.2) is 4.98 Å². The highest BCUT2D eigenvalue weighted by Crippen LogP contribution is 2.40. The third-order valence-corrected chi connectivity index (χ3v) is 4.03. The first-order chi connectivity index (χ1) is 12.6. The summed E-state index contributed by atoms with van der Waals surface area (Å²) < 4.78 is 21.3. The van der Waals surface area contributed by atoms with Crippen LogP contribution in [0.1, 0.15) is 0 Å². The summed E-state index contributed by atoms with van der Waals surface area (Å²) in [6.45, 7) is 0. The minimum atomic E-state index is 0.534. The van der Waals surface area contributed by atoms with Crippen molar-refractivity contribution in [2.24, 2.45) is 0 Å². The van der Waals surface area contributed by atoms with Crippen molar-refractivity contribution in [3.8, 4) is 23.0 Å². The molecule has 26 heavy (non-hydrogen) atoms. The Hall–Kier alpha value is -3.35. The van der Waals surface area contributed by atoms with Gasteiger partial charge >= 0.3 is 0 Å².